The number of carbonyl (C=O) groups excluding carboxylic acids is 7. The van der Waals surface area contributed by atoms with E-state index in [1.165, 1.54) is 37.6 Å². The molecule has 320 valence electrons. The van der Waals surface area contributed by atoms with E-state index in [2.05, 4.69) is 21.3 Å². The number of urea groups is 1. The lowest BCUT2D eigenvalue weighted by atomic mass is 10.0. The maximum absolute atomic E-state index is 14.6. The molecule has 7 amide bonds. The smallest absolute Gasteiger partial charge is 0.329 e. The fraction of sp³-hybridized carbons (Fsp3) is 0.537. The Labute approximate surface area is 341 Å². The molecule has 5 rings (SSSR count). The van der Waals surface area contributed by atoms with E-state index in [-0.39, 0.29) is 37.4 Å². The number of anilines is 1. The SMILES string of the molecule is CCc1ccc(NC(=O)N[C@@H](Cc2cc(F)cc(F)c2)C(=O)N[C@@H]2C(=O)N3CCC[C@H]3C(=O)N(C)[C@@H](C(C)O)C(=O)N[C@@H](C)C(=O)N3C[C@@H](C)C[C@H]3C(=O)OC2C)cc1. The van der Waals surface area contributed by atoms with Gasteiger partial charge < -0.3 is 45.8 Å². The van der Waals surface area contributed by atoms with Crippen LogP contribution in [0.15, 0.2) is 42.5 Å². The number of rotatable bonds is 8. The number of nitrogens with zero attached hydrogens (tertiary/aromatic N) is 3. The maximum Gasteiger partial charge on any atom is 0.329 e. The Morgan fingerprint density at radius 2 is 1.59 bits per heavy atom. The van der Waals surface area contributed by atoms with Crippen LogP contribution in [0, 0.1) is 17.6 Å². The van der Waals surface area contributed by atoms with E-state index in [0.717, 1.165) is 29.0 Å². The molecule has 2 aromatic rings. The van der Waals surface area contributed by atoms with Crippen molar-refractivity contribution in [3.8, 4) is 0 Å². The van der Waals surface area contributed by atoms with Crippen LogP contribution >= 0.6 is 0 Å². The highest BCUT2D eigenvalue weighted by Crippen LogP contribution is 2.27. The number of fused-ring (bicyclic) bond motifs is 2. The molecule has 2 unspecified atom stereocenters. The molecule has 0 bridgehead atoms. The van der Waals surface area contributed by atoms with Crippen LogP contribution in [0.2, 0.25) is 0 Å². The number of benzene rings is 2. The molecule has 3 aliphatic rings. The number of aliphatic hydroxyl groups is 1. The molecule has 9 atom stereocenters. The quantitative estimate of drug-likeness (QED) is 0.245. The maximum atomic E-state index is 14.6. The topological polar surface area (TPSA) is 207 Å². The number of halogens is 2. The summed E-state index contributed by atoms with van der Waals surface area (Å²) in [5, 5.41) is 21.0. The summed E-state index contributed by atoms with van der Waals surface area (Å²) in [6, 6.07) is 0.519. The Hall–Kier alpha value is -5.65. The molecule has 3 saturated heterocycles. The van der Waals surface area contributed by atoms with Crippen LogP contribution in [0.25, 0.3) is 0 Å². The van der Waals surface area contributed by atoms with Crippen molar-refractivity contribution in [2.24, 2.45) is 5.92 Å². The van der Waals surface area contributed by atoms with Crippen LogP contribution in [-0.4, -0.2) is 130 Å². The molecule has 3 fully saturated rings. The Morgan fingerprint density at radius 1 is 0.932 bits per heavy atom. The van der Waals surface area contributed by atoms with E-state index in [1.54, 1.807) is 24.3 Å². The highest BCUT2D eigenvalue weighted by molar-refractivity contribution is 5.98. The average Bonchev–Trinajstić information content (AvgIpc) is 3.82. The first-order valence-electron chi connectivity index (χ1n) is 19.9. The standard InChI is InChI=1S/C41H53F2N7O9/c1-7-25-10-12-29(13-11-25)45-41(58)46-30(18-26-16-27(42)19-28(43)17-26)35(52)47-33-24(5)59-40(57)32-15-21(2)20-50(32)37(54)22(3)44-36(53)34(23(4)51)48(6)38(55)31-9-8-14-49(31)39(33)56/h10-13,16-17,19,21-24,30-34,51H,7-9,14-15,18,20H2,1-6H3,(H,44,53)(H,47,52)(H2,45,46,58)/t21-,22-,23?,24?,30-,31-,32-,33-,34-/m0/s1. The number of hydrogen-bond donors (Lipinski definition) is 5. The van der Waals surface area contributed by atoms with Gasteiger partial charge in [-0.15, -0.1) is 0 Å². The van der Waals surface area contributed by atoms with Crippen molar-refractivity contribution in [3.63, 3.8) is 0 Å². The average molecular weight is 826 g/mol. The normalized spacial score (nSPS) is 26.7. The molecule has 0 saturated carbocycles. The predicted molar refractivity (Wildman–Crippen MR) is 209 cm³/mol. The van der Waals surface area contributed by atoms with Gasteiger partial charge in [-0.2, -0.15) is 0 Å². The molecule has 0 aliphatic carbocycles. The van der Waals surface area contributed by atoms with Crippen molar-refractivity contribution in [1.82, 2.24) is 30.7 Å². The van der Waals surface area contributed by atoms with Gasteiger partial charge in [0.05, 0.1) is 6.10 Å². The van der Waals surface area contributed by atoms with Crippen LogP contribution < -0.4 is 21.3 Å². The molecular weight excluding hydrogens is 772 g/mol. The van der Waals surface area contributed by atoms with Gasteiger partial charge in [-0.3, -0.25) is 24.0 Å². The third-order valence-electron chi connectivity index (χ3n) is 11.0. The van der Waals surface area contributed by atoms with Crippen LogP contribution in [-0.2, 0) is 46.3 Å². The number of ether oxygens (including phenoxy) is 1. The van der Waals surface area contributed by atoms with Gasteiger partial charge in [-0.05, 0) is 87.8 Å². The van der Waals surface area contributed by atoms with Gasteiger partial charge in [0.1, 0.15) is 54.0 Å². The molecule has 0 aromatic heterocycles. The van der Waals surface area contributed by atoms with Crippen molar-refractivity contribution in [2.45, 2.75) is 115 Å². The van der Waals surface area contributed by atoms with Crippen LogP contribution in [0.1, 0.15) is 65.0 Å². The fourth-order valence-electron chi connectivity index (χ4n) is 7.97. The Morgan fingerprint density at radius 3 is 2.22 bits per heavy atom. The van der Waals surface area contributed by atoms with Gasteiger partial charge >= 0.3 is 12.0 Å². The lowest BCUT2D eigenvalue weighted by Crippen LogP contribution is -2.63. The monoisotopic (exact) mass is 825 g/mol. The second-order valence-electron chi connectivity index (χ2n) is 15.7. The molecular formula is C41H53F2N7O9. The minimum atomic E-state index is -1.69. The number of amides is 7. The van der Waals surface area contributed by atoms with Gasteiger partial charge in [0.15, 0.2) is 0 Å². The molecule has 0 radical (unpaired) electrons. The first kappa shape index (κ1) is 44.5. The fourth-order valence-corrected chi connectivity index (χ4v) is 7.97. The van der Waals surface area contributed by atoms with Gasteiger partial charge in [0, 0.05) is 38.3 Å². The highest BCUT2D eigenvalue weighted by Gasteiger charge is 2.47. The first-order chi connectivity index (χ1) is 27.9. The zero-order valence-corrected chi connectivity index (χ0v) is 34.0. The molecule has 2 aromatic carbocycles. The molecule has 3 heterocycles. The van der Waals surface area contributed by atoms with E-state index < -0.39 is 108 Å². The second kappa shape index (κ2) is 18.9. The number of carbonyl (C=O) groups is 7. The number of nitrogens with one attached hydrogen (secondary N) is 4. The predicted octanol–water partition coefficient (Wildman–Crippen LogP) is 1.63. The summed E-state index contributed by atoms with van der Waals surface area (Å²) in [7, 11) is 1.30. The number of hydrogen-bond acceptors (Lipinski definition) is 9. The Kier molecular flexibility index (Phi) is 14.3. The molecule has 3 aliphatic heterocycles. The van der Waals surface area contributed by atoms with E-state index in [4.69, 9.17) is 4.74 Å². The largest absolute Gasteiger partial charge is 0.458 e. The summed E-state index contributed by atoms with van der Waals surface area (Å²) >= 11 is 0. The van der Waals surface area contributed by atoms with Crippen molar-refractivity contribution in [2.75, 3.05) is 25.5 Å². The summed E-state index contributed by atoms with van der Waals surface area (Å²) in [6.45, 7) is 8.04. The van der Waals surface area contributed by atoms with Crippen LogP contribution in [0.4, 0.5) is 19.3 Å². The van der Waals surface area contributed by atoms with Crippen molar-refractivity contribution < 1.29 is 52.2 Å². The summed E-state index contributed by atoms with van der Waals surface area (Å²) in [4.78, 5) is 101. The van der Waals surface area contributed by atoms with E-state index >= 15 is 0 Å². The number of aliphatic hydroxyl groups excluding tert-OH is 1. The lowest BCUT2D eigenvalue weighted by Gasteiger charge is -2.37. The van der Waals surface area contributed by atoms with Gasteiger partial charge in [0.2, 0.25) is 29.5 Å². The summed E-state index contributed by atoms with van der Waals surface area (Å²) in [5.74, 6) is -6.90. The van der Waals surface area contributed by atoms with Gasteiger partial charge in [-0.1, -0.05) is 26.0 Å². The molecule has 16 nitrogen and oxygen atoms in total. The molecule has 0 spiro atoms. The van der Waals surface area contributed by atoms with Crippen molar-refractivity contribution >= 4 is 47.2 Å². The number of aryl methyl sites for hydroxylation is 1. The van der Waals surface area contributed by atoms with E-state index in [0.29, 0.717) is 18.2 Å². The van der Waals surface area contributed by atoms with Gasteiger partial charge in [-0.25, -0.2) is 18.4 Å². The number of likely N-dealkylation sites (N-methyl/N-ethyl adjacent to an activating group) is 1. The highest BCUT2D eigenvalue weighted by atomic mass is 19.1. The molecule has 5 N–H and O–H groups in total. The summed E-state index contributed by atoms with van der Waals surface area (Å²) in [6.07, 6.45) is -1.83. The zero-order valence-electron chi connectivity index (χ0n) is 34.0. The van der Waals surface area contributed by atoms with E-state index in [1.807, 2.05) is 13.8 Å². The van der Waals surface area contributed by atoms with E-state index in [9.17, 15) is 47.4 Å². The molecule has 18 heteroatoms. The van der Waals surface area contributed by atoms with Crippen molar-refractivity contribution in [1.29, 1.82) is 0 Å². The van der Waals surface area contributed by atoms with Crippen molar-refractivity contribution in [3.05, 3.63) is 65.2 Å². The molecule has 59 heavy (non-hydrogen) atoms. The summed E-state index contributed by atoms with van der Waals surface area (Å²) in [5.41, 5.74) is 1.39. The van der Waals surface area contributed by atoms with Crippen LogP contribution in [0.5, 0.6) is 0 Å². The first-order valence-corrected chi connectivity index (χ1v) is 19.9. The summed E-state index contributed by atoms with van der Waals surface area (Å²) < 4.78 is 34.5. The van der Waals surface area contributed by atoms with Crippen LogP contribution in [0.3, 0.4) is 0 Å². The Balaban J connectivity index is 1.51. The second-order valence-corrected chi connectivity index (χ2v) is 15.7. The zero-order chi connectivity index (χ0) is 43.3. The van der Waals surface area contributed by atoms with Gasteiger partial charge in [0.25, 0.3) is 0 Å². The third-order valence-corrected chi connectivity index (χ3v) is 11.0. The number of esters is 1. The Bertz CT molecular complexity index is 1910. The number of cyclic esters (lactones) is 1. The third kappa shape index (κ3) is 10.5. The minimum Gasteiger partial charge on any atom is -0.458 e. The lowest BCUT2D eigenvalue weighted by molar-refractivity contribution is -0.163. The minimum absolute atomic E-state index is 0.00155.